The Morgan fingerprint density at radius 3 is 1.45 bits per heavy atom. The summed E-state index contributed by atoms with van der Waals surface area (Å²) in [4.78, 5) is 63.3. The number of carbonyl (C=O) groups is 5. The number of hydrogen-bond acceptors (Lipinski definition) is 9. The number of aliphatic carboxylic acids is 2. The van der Waals surface area contributed by atoms with E-state index < -0.39 is 11.9 Å². The Labute approximate surface area is 392 Å². The van der Waals surface area contributed by atoms with E-state index in [0.717, 1.165) is 71.2 Å². The van der Waals surface area contributed by atoms with Crippen molar-refractivity contribution in [1.29, 1.82) is 0 Å². The lowest BCUT2D eigenvalue weighted by Crippen LogP contribution is -2.39. The van der Waals surface area contributed by atoms with Gasteiger partial charge in [0.1, 0.15) is 12.1 Å². The lowest BCUT2D eigenvalue weighted by Gasteiger charge is -2.24. The van der Waals surface area contributed by atoms with Crippen LogP contribution < -0.4 is 16.4 Å². The molecule has 0 unspecified atom stereocenters. The number of para-hydroxylation sites is 2. The number of ketones is 2. The molecule has 67 heavy (non-hydrogen) atoms. The summed E-state index contributed by atoms with van der Waals surface area (Å²) < 4.78 is 0. The molecule has 3 heterocycles. The Bertz CT molecular complexity index is 2520. The Balaban J connectivity index is 0.000000164. The molecule has 346 valence electrons. The van der Waals surface area contributed by atoms with Gasteiger partial charge in [0.25, 0.3) is 0 Å². The molecule has 0 aromatic heterocycles. The van der Waals surface area contributed by atoms with E-state index in [0.29, 0.717) is 33.6 Å². The highest BCUT2D eigenvalue weighted by molar-refractivity contribution is 6.14. The summed E-state index contributed by atoms with van der Waals surface area (Å²) in [5, 5.41) is 23.2. The molecule has 12 nitrogen and oxygen atoms in total. The zero-order chi connectivity index (χ0) is 47.4. The van der Waals surface area contributed by atoms with Crippen LogP contribution in [0.25, 0.3) is 0 Å². The van der Waals surface area contributed by atoms with Gasteiger partial charge in [-0.1, -0.05) is 146 Å². The molecule has 1 amide bonds. The van der Waals surface area contributed by atoms with Gasteiger partial charge >= 0.3 is 11.9 Å². The first-order valence-corrected chi connectivity index (χ1v) is 22.8. The van der Waals surface area contributed by atoms with Gasteiger partial charge in [-0.25, -0.2) is 0 Å². The van der Waals surface area contributed by atoms with E-state index in [9.17, 15) is 24.0 Å². The average Bonchev–Trinajstić information content (AvgIpc) is 4.18. The minimum atomic E-state index is -0.720. The summed E-state index contributed by atoms with van der Waals surface area (Å²) in [6.07, 6.45) is 5.38. The number of nitrogens with zero attached hydrogens (tertiary/aromatic N) is 2. The van der Waals surface area contributed by atoms with Crippen molar-refractivity contribution in [2.24, 2.45) is 0 Å². The van der Waals surface area contributed by atoms with Crippen molar-refractivity contribution >= 4 is 40.8 Å². The van der Waals surface area contributed by atoms with E-state index in [4.69, 9.17) is 15.9 Å². The number of carboxylic acid groups (broad SMARTS) is 2. The van der Waals surface area contributed by atoms with Crippen LogP contribution in [0.4, 0.5) is 11.4 Å². The first-order chi connectivity index (χ1) is 32.6. The van der Waals surface area contributed by atoms with Crippen LogP contribution in [0.1, 0.15) is 81.5 Å². The number of likely N-dealkylation sites (tertiary alicyclic amines) is 2. The number of carbonyl (C=O) groups excluding carboxylic acids is 3. The first kappa shape index (κ1) is 49.2. The van der Waals surface area contributed by atoms with Crippen LogP contribution in [0, 0.1) is 0 Å². The highest BCUT2D eigenvalue weighted by Gasteiger charge is 2.32. The third kappa shape index (κ3) is 14.6. The third-order valence-electron chi connectivity index (χ3n) is 11.8. The standard InChI is InChI=1S/C25H24N2O2.C13H11NO.C12H15NO2.C5H9NO2/c28-24(20-12-5-2-6-13-20)21-14-7-8-15-22(21)26-25(29)23-16-9-17-27(23)18-19-10-3-1-4-11-19;14-12-9-5-4-8-11(12)13(15)10-6-2-1-3-7-10;14-12(15)11-7-4-8-13(11)9-10-5-2-1-3-6-10;7-5(8)4-2-1-3-6-4/h1-8,10-15,23H,9,16-18H2,(H,26,29);1-9H,14H2;1-3,5-6,11H,4,7-9H2,(H,14,15);4,6H,1-3H2,(H,7,8)/t23-;;11-;4-/m1.11/s1. The summed E-state index contributed by atoms with van der Waals surface area (Å²) >= 11 is 0. The van der Waals surface area contributed by atoms with Crippen molar-refractivity contribution < 1.29 is 34.2 Å². The molecule has 3 atom stereocenters. The molecular formula is C55H59N5O7. The monoisotopic (exact) mass is 901 g/mol. The van der Waals surface area contributed by atoms with Crippen molar-refractivity contribution in [3.63, 3.8) is 0 Å². The number of rotatable bonds is 12. The maximum Gasteiger partial charge on any atom is 0.320 e. The fraction of sp³-hybridized carbons (Fsp3) is 0.255. The van der Waals surface area contributed by atoms with Crippen LogP contribution >= 0.6 is 0 Å². The topological polar surface area (TPSA) is 182 Å². The Morgan fingerprint density at radius 2 is 0.970 bits per heavy atom. The molecule has 6 N–H and O–H groups in total. The van der Waals surface area contributed by atoms with Gasteiger partial charge in [-0.15, -0.1) is 0 Å². The molecule has 6 aromatic carbocycles. The van der Waals surface area contributed by atoms with Crippen molar-refractivity contribution in [2.45, 2.75) is 69.7 Å². The summed E-state index contributed by atoms with van der Waals surface area (Å²) in [6, 6.07) is 52.1. The van der Waals surface area contributed by atoms with E-state index in [1.165, 1.54) is 11.1 Å². The molecule has 3 saturated heterocycles. The van der Waals surface area contributed by atoms with Crippen molar-refractivity contribution in [3.05, 3.63) is 203 Å². The van der Waals surface area contributed by atoms with E-state index in [-0.39, 0.29) is 35.6 Å². The van der Waals surface area contributed by atoms with Gasteiger partial charge in [0.05, 0.1) is 11.7 Å². The maximum absolute atomic E-state index is 13.1. The Kier molecular flexibility index (Phi) is 18.7. The second-order valence-corrected chi connectivity index (χ2v) is 16.6. The largest absolute Gasteiger partial charge is 0.480 e. The number of benzene rings is 6. The Morgan fingerprint density at radius 1 is 0.522 bits per heavy atom. The van der Waals surface area contributed by atoms with Crippen molar-refractivity contribution in [1.82, 2.24) is 15.1 Å². The van der Waals surface area contributed by atoms with Crippen LogP contribution in [0.15, 0.2) is 170 Å². The molecule has 12 heteroatoms. The van der Waals surface area contributed by atoms with Gasteiger partial charge in [-0.2, -0.15) is 0 Å². The van der Waals surface area contributed by atoms with Crippen molar-refractivity contribution in [2.75, 3.05) is 30.7 Å². The van der Waals surface area contributed by atoms with Gasteiger partial charge in [0.15, 0.2) is 11.6 Å². The number of nitrogen functional groups attached to an aromatic ring is 1. The summed E-state index contributed by atoms with van der Waals surface area (Å²) in [6.45, 7) is 4.15. The third-order valence-corrected chi connectivity index (χ3v) is 11.8. The number of nitrogens with two attached hydrogens (primary N) is 1. The van der Waals surface area contributed by atoms with Crippen LogP contribution in [0.3, 0.4) is 0 Å². The van der Waals surface area contributed by atoms with Crippen LogP contribution in [0.2, 0.25) is 0 Å². The average molecular weight is 902 g/mol. The highest BCUT2D eigenvalue weighted by atomic mass is 16.4. The smallest absolute Gasteiger partial charge is 0.320 e. The number of nitrogens with one attached hydrogen (secondary N) is 2. The Hall–Kier alpha value is -7.25. The molecule has 0 bridgehead atoms. The van der Waals surface area contributed by atoms with Gasteiger partial charge in [-0.05, 0) is 93.6 Å². The first-order valence-electron chi connectivity index (χ1n) is 22.8. The summed E-state index contributed by atoms with van der Waals surface area (Å²) in [5.41, 5.74) is 11.6. The molecule has 3 aliphatic rings. The van der Waals surface area contributed by atoms with Gasteiger partial charge in [0.2, 0.25) is 5.91 Å². The van der Waals surface area contributed by atoms with E-state index in [2.05, 4.69) is 27.7 Å². The lowest BCUT2D eigenvalue weighted by atomic mass is 10.0. The minimum Gasteiger partial charge on any atom is -0.480 e. The molecular weight excluding hydrogens is 843 g/mol. The van der Waals surface area contributed by atoms with Gasteiger partial charge < -0.3 is 26.6 Å². The number of amides is 1. The molecule has 9 rings (SSSR count). The number of hydrogen-bond donors (Lipinski definition) is 5. The highest BCUT2D eigenvalue weighted by Crippen LogP contribution is 2.25. The molecule has 0 aliphatic carbocycles. The zero-order valence-electron chi connectivity index (χ0n) is 37.6. The lowest BCUT2D eigenvalue weighted by molar-refractivity contribution is -0.142. The molecule has 6 aromatic rings. The fourth-order valence-corrected chi connectivity index (χ4v) is 8.34. The zero-order valence-corrected chi connectivity index (χ0v) is 37.6. The number of carboxylic acids is 2. The fourth-order valence-electron chi connectivity index (χ4n) is 8.34. The second kappa shape index (κ2) is 25.4. The van der Waals surface area contributed by atoms with E-state index in [1.54, 1.807) is 48.5 Å². The predicted molar refractivity (Wildman–Crippen MR) is 262 cm³/mol. The molecule has 0 radical (unpaired) electrons. The molecule has 0 spiro atoms. The van der Waals surface area contributed by atoms with Crippen LogP contribution in [-0.4, -0.2) is 87.2 Å². The molecule has 3 aliphatic heterocycles. The summed E-state index contributed by atoms with van der Waals surface area (Å²) in [7, 11) is 0. The minimum absolute atomic E-state index is 0.0336. The van der Waals surface area contributed by atoms with E-state index >= 15 is 0 Å². The second-order valence-electron chi connectivity index (χ2n) is 16.6. The van der Waals surface area contributed by atoms with Crippen molar-refractivity contribution in [3.8, 4) is 0 Å². The van der Waals surface area contributed by atoms with Gasteiger partial charge in [-0.3, -0.25) is 33.8 Å². The summed E-state index contributed by atoms with van der Waals surface area (Å²) in [5.74, 6) is -1.58. The normalized spacial score (nSPS) is 17.6. The number of anilines is 2. The van der Waals surface area contributed by atoms with Crippen LogP contribution in [-0.2, 0) is 27.5 Å². The maximum atomic E-state index is 13.1. The quantitative estimate of drug-likeness (QED) is 0.0586. The molecule has 0 saturated carbocycles. The van der Waals surface area contributed by atoms with Gasteiger partial charge in [0, 0.05) is 41.0 Å². The predicted octanol–water partition coefficient (Wildman–Crippen LogP) is 8.58. The van der Waals surface area contributed by atoms with E-state index in [1.807, 2.05) is 114 Å². The van der Waals surface area contributed by atoms with Crippen LogP contribution in [0.5, 0.6) is 0 Å². The SMILES string of the molecule is Nc1ccccc1C(=O)c1ccccc1.O=C(O)[C@H]1CCCN1.O=C(O)[C@H]1CCCN1Cc1ccccc1.O=C(c1ccccc1)c1ccccc1NC(=O)[C@H]1CCCN1Cc1ccccc1. The molecule has 3 fully saturated rings.